The van der Waals surface area contributed by atoms with Gasteiger partial charge in [-0.25, -0.2) is 4.79 Å². The summed E-state index contributed by atoms with van der Waals surface area (Å²) in [6.07, 6.45) is 0. The average molecular weight is 217 g/mol. The number of aromatic nitrogens is 2. The molecule has 6 heteroatoms. The van der Waals surface area contributed by atoms with Crippen molar-refractivity contribution in [2.24, 2.45) is 0 Å². The monoisotopic (exact) mass is 216 g/mol. The fourth-order valence-electron chi connectivity index (χ4n) is 0.919. The van der Waals surface area contributed by atoms with E-state index < -0.39 is 5.63 Å². The Morgan fingerprint density at radius 1 is 1.15 bits per heavy atom. The third-order valence-electron chi connectivity index (χ3n) is 1.47. The highest BCUT2D eigenvalue weighted by molar-refractivity contribution is 6.37. The topological polar surface area (TPSA) is 56.0 Å². The highest BCUT2D eigenvalue weighted by atomic mass is 35.5. The Labute approximate surface area is 82.1 Å². The van der Waals surface area contributed by atoms with E-state index in [1.54, 1.807) is 0 Å². The number of halogens is 2. The SMILES string of the molecule is O=c1ccc2c(Cl)nnc(Cl)c2o1. The summed E-state index contributed by atoms with van der Waals surface area (Å²) >= 11 is 11.3. The van der Waals surface area contributed by atoms with Crippen molar-refractivity contribution >= 4 is 34.2 Å². The minimum absolute atomic E-state index is 0.0251. The molecule has 0 aromatic carbocycles. The maximum atomic E-state index is 10.8. The summed E-state index contributed by atoms with van der Waals surface area (Å²) in [6, 6.07) is 2.73. The zero-order chi connectivity index (χ0) is 9.42. The van der Waals surface area contributed by atoms with E-state index in [2.05, 4.69) is 10.2 Å². The van der Waals surface area contributed by atoms with Gasteiger partial charge in [-0.3, -0.25) is 0 Å². The molecule has 66 valence electrons. The van der Waals surface area contributed by atoms with Gasteiger partial charge in [0, 0.05) is 6.07 Å². The van der Waals surface area contributed by atoms with Crippen molar-refractivity contribution in [3.63, 3.8) is 0 Å². The summed E-state index contributed by atoms with van der Waals surface area (Å²) in [5.41, 5.74) is -0.340. The molecule has 2 rings (SSSR count). The second kappa shape index (κ2) is 2.97. The van der Waals surface area contributed by atoms with Gasteiger partial charge in [-0.2, -0.15) is 0 Å². The summed E-state index contributed by atoms with van der Waals surface area (Å²) in [6.45, 7) is 0. The molecule has 0 unspecified atom stereocenters. The zero-order valence-corrected chi connectivity index (χ0v) is 7.63. The van der Waals surface area contributed by atoms with Crippen molar-refractivity contribution in [1.29, 1.82) is 0 Å². The molecule has 0 spiro atoms. The van der Waals surface area contributed by atoms with Crippen LogP contribution in [0.3, 0.4) is 0 Å². The van der Waals surface area contributed by atoms with Gasteiger partial charge in [0.15, 0.2) is 15.9 Å². The number of hydrogen-bond donors (Lipinski definition) is 0. The highest BCUT2D eigenvalue weighted by Crippen LogP contribution is 2.23. The summed E-state index contributed by atoms with van der Waals surface area (Å²) in [5.74, 6) is 0. The maximum Gasteiger partial charge on any atom is 0.336 e. The van der Waals surface area contributed by atoms with Crippen molar-refractivity contribution in [2.45, 2.75) is 0 Å². The summed E-state index contributed by atoms with van der Waals surface area (Å²) in [5, 5.41) is 7.71. The molecule has 4 nitrogen and oxygen atoms in total. The second-order valence-electron chi connectivity index (χ2n) is 2.28. The number of fused-ring (bicyclic) bond motifs is 1. The van der Waals surface area contributed by atoms with Crippen LogP contribution >= 0.6 is 23.2 Å². The van der Waals surface area contributed by atoms with Crippen LogP contribution in [0, 0.1) is 0 Å². The number of hydrogen-bond acceptors (Lipinski definition) is 4. The molecule has 0 aliphatic rings. The summed E-state index contributed by atoms with van der Waals surface area (Å²) in [7, 11) is 0. The Hall–Kier alpha value is -1.13. The van der Waals surface area contributed by atoms with Crippen LogP contribution in [-0.2, 0) is 0 Å². The Kier molecular flexibility index (Phi) is 1.94. The molecule has 2 heterocycles. The molecule has 0 aliphatic carbocycles. The normalized spacial score (nSPS) is 10.6. The Morgan fingerprint density at radius 3 is 2.62 bits per heavy atom. The van der Waals surface area contributed by atoms with Gasteiger partial charge in [-0.1, -0.05) is 23.2 Å². The van der Waals surface area contributed by atoms with Gasteiger partial charge >= 0.3 is 5.63 Å². The standard InChI is InChI=1S/C7H2Cl2N2O2/c8-6-3-1-2-4(12)13-5(3)7(9)11-10-6/h1-2H. The first-order valence-corrected chi connectivity index (χ1v) is 4.05. The fourth-order valence-corrected chi connectivity index (χ4v) is 1.28. The summed E-state index contributed by atoms with van der Waals surface area (Å²) in [4.78, 5) is 10.8. The van der Waals surface area contributed by atoms with E-state index in [0.29, 0.717) is 5.39 Å². The lowest BCUT2D eigenvalue weighted by Crippen LogP contribution is -1.97. The number of rotatable bonds is 0. The zero-order valence-electron chi connectivity index (χ0n) is 6.12. The molecule has 0 aliphatic heterocycles. The average Bonchev–Trinajstić information content (AvgIpc) is 2.12. The predicted molar refractivity (Wildman–Crippen MR) is 48.1 cm³/mol. The molecule has 0 bridgehead atoms. The van der Waals surface area contributed by atoms with Crippen molar-refractivity contribution in [3.05, 3.63) is 32.9 Å². The molecule has 0 saturated heterocycles. The van der Waals surface area contributed by atoms with E-state index in [9.17, 15) is 4.79 Å². The van der Waals surface area contributed by atoms with E-state index in [1.165, 1.54) is 12.1 Å². The van der Waals surface area contributed by atoms with Crippen LogP contribution in [0.15, 0.2) is 21.3 Å². The van der Waals surface area contributed by atoms with Crippen molar-refractivity contribution < 1.29 is 4.42 Å². The number of nitrogens with zero attached hydrogens (tertiary/aromatic N) is 2. The quantitative estimate of drug-likeness (QED) is 0.675. The lowest BCUT2D eigenvalue weighted by molar-refractivity contribution is 0.558. The van der Waals surface area contributed by atoms with Gasteiger partial charge < -0.3 is 4.42 Å². The van der Waals surface area contributed by atoms with Gasteiger partial charge in [0.25, 0.3) is 0 Å². The first-order valence-electron chi connectivity index (χ1n) is 3.30. The highest BCUT2D eigenvalue weighted by Gasteiger charge is 2.08. The molecule has 0 amide bonds. The van der Waals surface area contributed by atoms with E-state index in [0.717, 1.165) is 0 Å². The largest absolute Gasteiger partial charge is 0.419 e. The Balaban J connectivity index is 3.00. The molecular weight excluding hydrogens is 215 g/mol. The second-order valence-corrected chi connectivity index (χ2v) is 2.99. The van der Waals surface area contributed by atoms with E-state index in [1.807, 2.05) is 0 Å². The summed E-state index contributed by atoms with van der Waals surface area (Å²) < 4.78 is 4.80. The molecule has 0 N–H and O–H groups in total. The van der Waals surface area contributed by atoms with Gasteiger partial charge in [0.2, 0.25) is 0 Å². The van der Waals surface area contributed by atoms with Crippen molar-refractivity contribution in [1.82, 2.24) is 10.2 Å². The van der Waals surface area contributed by atoms with E-state index >= 15 is 0 Å². The predicted octanol–water partition coefficient (Wildman–Crippen LogP) is 1.89. The van der Waals surface area contributed by atoms with Crippen LogP contribution in [-0.4, -0.2) is 10.2 Å². The third-order valence-corrected chi connectivity index (χ3v) is 2.00. The van der Waals surface area contributed by atoms with Gasteiger partial charge in [-0.15, -0.1) is 10.2 Å². The lowest BCUT2D eigenvalue weighted by atomic mass is 10.3. The van der Waals surface area contributed by atoms with Crippen LogP contribution in [0.1, 0.15) is 0 Å². The van der Waals surface area contributed by atoms with Crippen molar-refractivity contribution in [3.8, 4) is 0 Å². The van der Waals surface area contributed by atoms with Gasteiger partial charge in [0.05, 0.1) is 5.39 Å². The minimum Gasteiger partial charge on any atom is -0.419 e. The molecular formula is C7H2Cl2N2O2. The van der Waals surface area contributed by atoms with Crippen LogP contribution in [0.5, 0.6) is 0 Å². The van der Waals surface area contributed by atoms with E-state index in [4.69, 9.17) is 27.6 Å². The third kappa shape index (κ3) is 1.38. The molecule has 0 radical (unpaired) electrons. The first-order chi connectivity index (χ1) is 6.18. The molecule has 13 heavy (non-hydrogen) atoms. The first kappa shape index (κ1) is 8.47. The molecule has 2 aromatic heterocycles. The van der Waals surface area contributed by atoms with Gasteiger partial charge in [0.1, 0.15) is 0 Å². The molecule has 0 atom stereocenters. The van der Waals surface area contributed by atoms with Gasteiger partial charge in [-0.05, 0) is 6.07 Å². The molecule has 2 aromatic rings. The maximum absolute atomic E-state index is 10.8. The van der Waals surface area contributed by atoms with E-state index in [-0.39, 0.29) is 15.9 Å². The van der Waals surface area contributed by atoms with Crippen LogP contribution in [0.2, 0.25) is 10.3 Å². The lowest BCUT2D eigenvalue weighted by Gasteiger charge is -1.97. The minimum atomic E-state index is -0.501. The Bertz CT molecular complexity index is 523. The Morgan fingerprint density at radius 2 is 1.85 bits per heavy atom. The molecule has 0 saturated carbocycles. The van der Waals surface area contributed by atoms with Crippen LogP contribution < -0.4 is 5.63 Å². The fraction of sp³-hybridized carbons (Fsp3) is 0. The van der Waals surface area contributed by atoms with Crippen LogP contribution in [0.25, 0.3) is 11.0 Å². The smallest absolute Gasteiger partial charge is 0.336 e. The van der Waals surface area contributed by atoms with Crippen molar-refractivity contribution in [2.75, 3.05) is 0 Å². The van der Waals surface area contributed by atoms with Crippen LogP contribution in [0.4, 0.5) is 0 Å². The molecule has 0 fully saturated rings.